The maximum Gasteiger partial charge on any atom is 0.117 e. The monoisotopic (exact) mass is 406 g/mol. The van der Waals surface area contributed by atoms with Crippen molar-refractivity contribution in [2.24, 2.45) is 5.92 Å². The summed E-state index contributed by atoms with van der Waals surface area (Å²) in [4.78, 5) is 5.99. The van der Waals surface area contributed by atoms with Gasteiger partial charge < -0.3 is 5.11 Å². The predicted octanol–water partition coefficient (Wildman–Crippen LogP) is 6.42. The van der Waals surface area contributed by atoms with E-state index in [9.17, 15) is 5.11 Å². The fourth-order valence-electron chi connectivity index (χ4n) is 3.06. The summed E-state index contributed by atoms with van der Waals surface area (Å²) in [6.07, 6.45) is 7.41. The topological polar surface area (TPSA) is 45.2 Å². The summed E-state index contributed by atoms with van der Waals surface area (Å²) in [7, 11) is 0. The molecule has 5 heteroatoms. The van der Waals surface area contributed by atoms with E-state index >= 15 is 0 Å². The largest absolute Gasteiger partial charge is 0.508 e. The molecule has 3 nitrogen and oxygen atoms in total. The van der Waals surface area contributed by atoms with E-state index in [2.05, 4.69) is 48.6 Å². The number of hydrogen-bond acceptors (Lipinski definition) is 5. The number of hydrogen-bond donors (Lipinski definition) is 2. The zero-order valence-corrected chi connectivity index (χ0v) is 17.3. The summed E-state index contributed by atoms with van der Waals surface area (Å²) in [6, 6.07) is 15.7. The maximum absolute atomic E-state index is 9.78. The van der Waals surface area contributed by atoms with Crippen molar-refractivity contribution < 1.29 is 5.11 Å². The van der Waals surface area contributed by atoms with Gasteiger partial charge in [-0.2, -0.15) is 0 Å². The molecule has 2 N–H and O–H groups in total. The van der Waals surface area contributed by atoms with Crippen LogP contribution < -0.4 is 4.72 Å². The van der Waals surface area contributed by atoms with E-state index in [1.165, 1.54) is 5.57 Å². The minimum atomic E-state index is 0.0573. The first-order valence-corrected chi connectivity index (χ1v) is 10.9. The van der Waals surface area contributed by atoms with Crippen molar-refractivity contribution in [1.29, 1.82) is 0 Å². The zero-order valence-electron chi connectivity index (χ0n) is 15.6. The number of fused-ring (bicyclic) bond motifs is 1. The Bertz CT molecular complexity index is 1050. The lowest BCUT2D eigenvalue weighted by atomic mass is 9.91. The lowest BCUT2D eigenvalue weighted by molar-refractivity contribution is 0.476. The van der Waals surface area contributed by atoms with Crippen LogP contribution in [-0.2, 0) is 0 Å². The second kappa shape index (κ2) is 8.35. The second-order valence-electron chi connectivity index (χ2n) is 6.94. The van der Waals surface area contributed by atoms with Gasteiger partial charge in [-0.05, 0) is 65.8 Å². The van der Waals surface area contributed by atoms with Gasteiger partial charge in [0.15, 0.2) is 0 Å². The van der Waals surface area contributed by atoms with Crippen LogP contribution in [0, 0.1) is 5.92 Å². The van der Waals surface area contributed by atoms with Crippen molar-refractivity contribution in [3.8, 4) is 5.75 Å². The molecule has 2 unspecified atom stereocenters. The molecule has 0 spiro atoms. The Labute approximate surface area is 173 Å². The molecule has 1 aliphatic rings. The number of thiazole rings is 1. The van der Waals surface area contributed by atoms with Crippen molar-refractivity contribution >= 4 is 33.5 Å². The number of aromatic nitrogens is 1. The molecule has 1 aromatic heterocycles. The minimum absolute atomic E-state index is 0.0573. The summed E-state index contributed by atoms with van der Waals surface area (Å²) < 4.78 is 4.60. The fourth-order valence-corrected chi connectivity index (χ4v) is 4.95. The van der Waals surface area contributed by atoms with Gasteiger partial charge in [-0.15, -0.1) is 11.3 Å². The van der Waals surface area contributed by atoms with Crippen molar-refractivity contribution in [1.82, 2.24) is 9.71 Å². The molecular formula is C23H22N2OS2. The molecule has 28 heavy (non-hydrogen) atoms. The molecule has 0 aliphatic heterocycles. The van der Waals surface area contributed by atoms with E-state index in [4.69, 9.17) is 4.98 Å². The van der Waals surface area contributed by atoms with Crippen molar-refractivity contribution in [3.05, 3.63) is 89.5 Å². The van der Waals surface area contributed by atoms with E-state index in [0.717, 1.165) is 32.1 Å². The maximum atomic E-state index is 9.78. The molecule has 1 aliphatic carbocycles. The van der Waals surface area contributed by atoms with Gasteiger partial charge in [0, 0.05) is 4.90 Å². The van der Waals surface area contributed by atoms with Crippen molar-refractivity contribution in [2.75, 3.05) is 0 Å². The molecule has 0 saturated carbocycles. The van der Waals surface area contributed by atoms with Crippen LogP contribution in [0.5, 0.6) is 5.75 Å². The van der Waals surface area contributed by atoms with Crippen LogP contribution >= 0.6 is 23.3 Å². The van der Waals surface area contributed by atoms with Gasteiger partial charge in [-0.1, -0.05) is 49.9 Å². The SMILES string of the molecule is C=C1C=C(CC(NSc2ccccc2)c2nc3ccc(O)cc3s2)C=CC1C. The molecule has 0 saturated heterocycles. The number of phenols is 1. The normalized spacial score (nSPS) is 17.7. The molecule has 0 radical (unpaired) electrons. The average Bonchev–Trinajstić information content (AvgIpc) is 3.11. The van der Waals surface area contributed by atoms with Crippen LogP contribution in [0.4, 0.5) is 0 Å². The van der Waals surface area contributed by atoms with Crippen LogP contribution in [0.2, 0.25) is 0 Å². The molecule has 0 bridgehead atoms. The van der Waals surface area contributed by atoms with Gasteiger partial charge >= 0.3 is 0 Å². The van der Waals surface area contributed by atoms with Gasteiger partial charge in [-0.3, -0.25) is 0 Å². The van der Waals surface area contributed by atoms with Gasteiger partial charge in [-0.25, -0.2) is 9.71 Å². The van der Waals surface area contributed by atoms with E-state index < -0.39 is 0 Å². The predicted molar refractivity (Wildman–Crippen MR) is 120 cm³/mol. The Kier molecular flexibility index (Phi) is 5.67. The first kappa shape index (κ1) is 19.0. The van der Waals surface area contributed by atoms with Gasteiger partial charge in [0.1, 0.15) is 10.8 Å². The molecule has 0 fully saturated rings. The van der Waals surface area contributed by atoms with Gasteiger partial charge in [0.2, 0.25) is 0 Å². The number of aromatic hydroxyl groups is 1. The molecule has 0 amide bonds. The summed E-state index contributed by atoms with van der Waals surface area (Å²) in [5.74, 6) is 0.661. The molecule has 142 valence electrons. The Morgan fingerprint density at radius 1 is 1.25 bits per heavy atom. The number of nitrogens with one attached hydrogen (secondary N) is 1. The zero-order chi connectivity index (χ0) is 19.5. The van der Waals surface area contributed by atoms with E-state index in [1.807, 2.05) is 24.3 Å². The lowest BCUT2D eigenvalue weighted by Gasteiger charge is -2.20. The standard InChI is InChI=1S/C23H22N2OS2/c1-15-8-9-17(12-16(15)2)13-21(25-28-19-6-4-3-5-7-19)23-24-20-11-10-18(26)14-22(20)27-23/h3-12,14-15,21,25-26H,2,13H2,1H3. The summed E-state index contributed by atoms with van der Waals surface area (Å²) >= 11 is 3.24. The molecule has 4 rings (SSSR count). The molecule has 3 aromatic rings. The van der Waals surface area contributed by atoms with Crippen LogP contribution in [-0.4, -0.2) is 10.1 Å². The Morgan fingerprint density at radius 3 is 2.86 bits per heavy atom. The minimum Gasteiger partial charge on any atom is -0.508 e. The van der Waals surface area contributed by atoms with E-state index in [-0.39, 0.29) is 11.8 Å². The average molecular weight is 407 g/mol. The Morgan fingerprint density at radius 2 is 2.07 bits per heavy atom. The van der Waals surface area contributed by atoms with Crippen molar-refractivity contribution in [2.45, 2.75) is 24.3 Å². The molecule has 1 heterocycles. The highest BCUT2D eigenvalue weighted by molar-refractivity contribution is 7.97. The van der Waals surface area contributed by atoms with E-state index in [1.54, 1.807) is 35.4 Å². The quantitative estimate of drug-likeness (QED) is 0.464. The number of nitrogens with zero attached hydrogens (tertiary/aromatic N) is 1. The number of rotatable bonds is 6. The number of allylic oxidation sites excluding steroid dienone is 4. The van der Waals surface area contributed by atoms with Gasteiger partial charge in [0.25, 0.3) is 0 Å². The third kappa shape index (κ3) is 4.38. The Hall–Kier alpha value is -2.34. The van der Waals surface area contributed by atoms with Gasteiger partial charge in [0.05, 0.1) is 16.3 Å². The van der Waals surface area contributed by atoms with Crippen LogP contribution in [0.25, 0.3) is 10.2 Å². The highest BCUT2D eigenvalue weighted by atomic mass is 32.2. The van der Waals surface area contributed by atoms with Crippen LogP contribution in [0.1, 0.15) is 24.4 Å². The third-order valence-electron chi connectivity index (χ3n) is 4.74. The second-order valence-corrected chi connectivity index (χ2v) is 8.91. The lowest BCUT2D eigenvalue weighted by Crippen LogP contribution is -2.15. The smallest absolute Gasteiger partial charge is 0.117 e. The summed E-state index contributed by atoms with van der Waals surface area (Å²) in [6.45, 7) is 6.33. The van der Waals surface area contributed by atoms with E-state index in [0.29, 0.717) is 5.92 Å². The Balaban J connectivity index is 1.61. The first-order valence-electron chi connectivity index (χ1n) is 9.23. The fraction of sp³-hybridized carbons (Fsp3) is 0.174. The first-order chi connectivity index (χ1) is 13.6. The highest BCUT2D eigenvalue weighted by Gasteiger charge is 2.19. The molecule has 2 aromatic carbocycles. The highest BCUT2D eigenvalue weighted by Crippen LogP contribution is 2.35. The summed E-state index contributed by atoms with van der Waals surface area (Å²) in [5.41, 5.74) is 3.30. The summed E-state index contributed by atoms with van der Waals surface area (Å²) in [5, 5.41) is 10.8. The van der Waals surface area contributed by atoms with Crippen molar-refractivity contribution in [3.63, 3.8) is 0 Å². The van der Waals surface area contributed by atoms with Crippen LogP contribution in [0.3, 0.4) is 0 Å². The molecule has 2 atom stereocenters. The van der Waals surface area contributed by atoms with Crippen LogP contribution in [0.15, 0.2) is 89.4 Å². The number of benzene rings is 2. The molecular weight excluding hydrogens is 384 g/mol. The third-order valence-corrected chi connectivity index (χ3v) is 6.79. The number of phenolic OH excluding ortho intramolecular Hbond substituents is 1.